The maximum absolute atomic E-state index is 13.3. The molecule has 8 nitrogen and oxygen atoms in total. The van der Waals surface area contributed by atoms with E-state index in [1.165, 1.54) is 42.5 Å². The predicted molar refractivity (Wildman–Crippen MR) is 127 cm³/mol. The lowest BCUT2D eigenvalue weighted by Crippen LogP contribution is -2.46. The maximum Gasteiger partial charge on any atom is 0.346 e. The standard InChI is InChI=1S/C22H21Cl2N3O5S/c23-14-6-9-17(10-7-14)33(31,32)27-21(29)18-11-8-15(24)12-19(18)26(22(27)30)13-20(28)25-16-4-2-1-3-5-16/h6-12,16H,1-5,13H2,(H,25,28). The summed E-state index contributed by atoms with van der Waals surface area (Å²) in [5.74, 6) is -0.445. The molecule has 2 aromatic carbocycles. The number of hydrogen-bond acceptors (Lipinski definition) is 5. The van der Waals surface area contributed by atoms with Gasteiger partial charge in [-0.15, -0.1) is 3.97 Å². The summed E-state index contributed by atoms with van der Waals surface area (Å²) in [6.45, 7) is -0.456. The fourth-order valence-corrected chi connectivity index (χ4v) is 5.66. The molecule has 33 heavy (non-hydrogen) atoms. The summed E-state index contributed by atoms with van der Waals surface area (Å²) in [6.07, 6.45) is 4.82. The van der Waals surface area contributed by atoms with Crippen LogP contribution in [0.4, 0.5) is 0 Å². The van der Waals surface area contributed by atoms with Gasteiger partial charge in [0, 0.05) is 16.1 Å². The van der Waals surface area contributed by atoms with Crippen molar-refractivity contribution in [1.82, 2.24) is 13.9 Å². The summed E-state index contributed by atoms with van der Waals surface area (Å²) >= 11 is 11.9. The molecule has 4 rings (SSSR count). The van der Waals surface area contributed by atoms with Crippen molar-refractivity contribution in [2.75, 3.05) is 0 Å². The van der Waals surface area contributed by atoms with E-state index in [4.69, 9.17) is 23.2 Å². The minimum absolute atomic E-state index is 0.000472. The average molecular weight is 510 g/mol. The number of nitrogens with one attached hydrogen (secondary N) is 1. The third kappa shape index (κ3) is 4.71. The van der Waals surface area contributed by atoms with Gasteiger partial charge in [0.25, 0.3) is 15.6 Å². The molecule has 0 bridgehead atoms. The molecule has 0 atom stereocenters. The number of nitrogens with zero attached hydrogens (tertiary/aromatic N) is 2. The second kappa shape index (κ2) is 9.32. The Morgan fingerprint density at radius 3 is 2.27 bits per heavy atom. The van der Waals surface area contributed by atoms with E-state index in [0.29, 0.717) is 5.02 Å². The van der Waals surface area contributed by atoms with Gasteiger partial charge in [0.1, 0.15) is 6.54 Å². The van der Waals surface area contributed by atoms with Crippen LogP contribution in [0.15, 0.2) is 56.9 Å². The van der Waals surface area contributed by atoms with E-state index in [-0.39, 0.29) is 30.8 Å². The number of fused-ring (bicyclic) bond motifs is 1. The number of aromatic nitrogens is 2. The summed E-state index contributed by atoms with van der Waals surface area (Å²) < 4.78 is 27.6. The zero-order chi connectivity index (χ0) is 23.8. The molecule has 3 aromatic rings. The molecule has 1 saturated carbocycles. The van der Waals surface area contributed by atoms with Crippen LogP contribution >= 0.6 is 23.2 Å². The first-order valence-corrected chi connectivity index (χ1v) is 12.6. The molecule has 0 saturated heterocycles. The van der Waals surface area contributed by atoms with Crippen molar-refractivity contribution in [2.45, 2.75) is 49.6 Å². The van der Waals surface area contributed by atoms with E-state index in [9.17, 15) is 22.8 Å². The maximum atomic E-state index is 13.3. The zero-order valence-corrected chi connectivity index (χ0v) is 19.8. The van der Waals surface area contributed by atoms with Gasteiger partial charge >= 0.3 is 5.69 Å². The minimum atomic E-state index is -4.56. The van der Waals surface area contributed by atoms with Gasteiger partial charge in [-0.1, -0.05) is 42.5 Å². The Kier molecular flexibility index (Phi) is 6.65. The summed E-state index contributed by atoms with van der Waals surface area (Å²) in [5, 5.41) is 3.38. The summed E-state index contributed by atoms with van der Waals surface area (Å²) in [6, 6.07) is 9.22. The zero-order valence-electron chi connectivity index (χ0n) is 17.5. The molecule has 1 aromatic heterocycles. The first kappa shape index (κ1) is 23.5. The van der Waals surface area contributed by atoms with Crippen molar-refractivity contribution in [2.24, 2.45) is 0 Å². The average Bonchev–Trinajstić information content (AvgIpc) is 2.77. The van der Waals surface area contributed by atoms with Crippen LogP contribution in [-0.4, -0.2) is 28.9 Å². The lowest BCUT2D eigenvalue weighted by atomic mass is 9.95. The summed E-state index contributed by atoms with van der Waals surface area (Å²) in [7, 11) is -4.56. The number of hydrogen-bond donors (Lipinski definition) is 1. The van der Waals surface area contributed by atoms with Crippen molar-refractivity contribution in [3.05, 3.63) is 73.3 Å². The highest BCUT2D eigenvalue weighted by Crippen LogP contribution is 2.20. The van der Waals surface area contributed by atoms with Crippen LogP contribution < -0.4 is 16.6 Å². The Balaban J connectivity index is 1.86. The number of carbonyl (C=O) groups is 1. The predicted octanol–water partition coefficient (Wildman–Crippen LogP) is 3.16. The van der Waals surface area contributed by atoms with Gasteiger partial charge in [0.15, 0.2) is 0 Å². The smallest absolute Gasteiger partial charge is 0.346 e. The Morgan fingerprint density at radius 2 is 1.61 bits per heavy atom. The number of amides is 1. The van der Waals surface area contributed by atoms with Gasteiger partial charge < -0.3 is 5.32 Å². The fraction of sp³-hybridized carbons (Fsp3) is 0.318. The molecule has 1 fully saturated rings. The quantitative estimate of drug-likeness (QED) is 0.568. The monoisotopic (exact) mass is 509 g/mol. The van der Waals surface area contributed by atoms with Crippen molar-refractivity contribution in [3.8, 4) is 0 Å². The number of halogens is 2. The van der Waals surface area contributed by atoms with Crippen molar-refractivity contribution in [1.29, 1.82) is 0 Å². The van der Waals surface area contributed by atoms with E-state index < -0.39 is 33.7 Å². The molecule has 1 aliphatic carbocycles. The van der Waals surface area contributed by atoms with Crippen LogP contribution in [0.1, 0.15) is 32.1 Å². The van der Waals surface area contributed by atoms with Crippen LogP contribution in [-0.2, 0) is 21.4 Å². The van der Waals surface area contributed by atoms with Crippen molar-refractivity contribution < 1.29 is 13.2 Å². The van der Waals surface area contributed by atoms with Crippen LogP contribution in [0.3, 0.4) is 0 Å². The lowest BCUT2D eigenvalue weighted by Gasteiger charge is -2.23. The first-order chi connectivity index (χ1) is 15.7. The Bertz CT molecular complexity index is 1440. The lowest BCUT2D eigenvalue weighted by molar-refractivity contribution is -0.122. The van der Waals surface area contributed by atoms with Crippen molar-refractivity contribution >= 4 is 50.0 Å². The van der Waals surface area contributed by atoms with Gasteiger partial charge in [-0.3, -0.25) is 14.2 Å². The fourth-order valence-electron chi connectivity index (χ4n) is 4.06. The number of carbonyl (C=O) groups excluding carboxylic acids is 1. The molecule has 0 spiro atoms. The van der Waals surface area contributed by atoms with Crippen LogP contribution in [0.2, 0.25) is 10.0 Å². The Labute approximate surface area is 199 Å². The molecule has 0 radical (unpaired) electrons. The molecule has 1 aliphatic rings. The second-order valence-electron chi connectivity index (χ2n) is 7.96. The molecule has 1 amide bonds. The third-order valence-electron chi connectivity index (χ3n) is 5.69. The van der Waals surface area contributed by atoms with Gasteiger partial charge in [-0.05, 0) is 55.3 Å². The highest BCUT2D eigenvalue weighted by atomic mass is 35.5. The highest BCUT2D eigenvalue weighted by molar-refractivity contribution is 7.90. The second-order valence-corrected chi connectivity index (χ2v) is 10.6. The van der Waals surface area contributed by atoms with E-state index in [1.54, 1.807) is 0 Å². The number of rotatable bonds is 5. The van der Waals surface area contributed by atoms with Gasteiger partial charge in [0.05, 0.1) is 15.8 Å². The van der Waals surface area contributed by atoms with E-state index in [0.717, 1.165) is 36.7 Å². The molecule has 0 aliphatic heterocycles. The van der Waals surface area contributed by atoms with E-state index in [2.05, 4.69) is 5.32 Å². The molecule has 1 heterocycles. The third-order valence-corrected chi connectivity index (χ3v) is 7.85. The van der Waals surface area contributed by atoms with E-state index in [1.807, 2.05) is 0 Å². The molecule has 174 valence electrons. The molecular formula is C22H21Cl2N3O5S. The van der Waals surface area contributed by atoms with Gasteiger partial charge in [0.2, 0.25) is 5.91 Å². The number of benzene rings is 2. The normalized spacial score (nSPS) is 15.0. The molecular weight excluding hydrogens is 489 g/mol. The molecule has 1 N–H and O–H groups in total. The van der Waals surface area contributed by atoms with E-state index >= 15 is 0 Å². The SMILES string of the molecule is O=C(Cn1c(=O)n(S(=O)(=O)c2ccc(Cl)cc2)c(=O)c2ccc(Cl)cc21)NC1CCCCC1. The van der Waals surface area contributed by atoms with Gasteiger partial charge in [-0.25, -0.2) is 13.2 Å². The van der Waals surface area contributed by atoms with Crippen LogP contribution in [0.25, 0.3) is 10.9 Å². The highest BCUT2D eigenvalue weighted by Gasteiger charge is 2.26. The minimum Gasteiger partial charge on any atom is -0.352 e. The summed E-state index contributed by atoms with van der Waals surface area (Å²) in [4.78, 5) is 38.9. The van der Waals surface area contributed by atoms with Crippen LogP contribution in [0.5, 0.6) is 0 Å². The molecule has 0 unspecified atom stereocenters. The first-order valence-electron chi connectivity index (χ1n) is 10.4. The van der Waals surface area contributed by atoms with Crippen LogP contribution in [0, 0.1) is 0 Å². The Morgan fingerprint density at radius 1 is 0.970 bits per heavy atom. The Hall–Kier alpha value is -2.62. The van der Waals surface area contributed by atoms with Crippen molar-refractivity contribution in [3.63, 3.8) is 0 Å². The topological polar surface area (TPSA) is 107 Å². The van der Waals surface area contributed by atoms with Gasteiger partial charge in [-0.2, -0.15) is 0 Å². The summed E-state index contributed by atoms with van der Waals surface area (Å²) in [5.41, 5.74) is -2.09. The molecule has 11 heteroatoms. The largest absolute Gasteiger partial charge is 0.352 e.